The zero-order valence-corrected chi connectivity index (χ0v) is 18.4. The molecule has 1 amide bonds. The zero-order valence-electron chi connectivity index (χ0n) is 16.8. The summed E-state index contributed by atoms with van der Waals surface area (Å²) >= 11 is 2.93. The normalized spacial score (nSPS) is 12.9. The van der Waals surface area contributed by atoms with Crippen molar-refractivity contribution in [3.8, 4) is 0 Å². The van der Waals surface area contributed by atoms with Crippen LogP contribution in [0.3, 0.4) is 0 Å². The number of hydrogen-bond donors (Lipinski definition) is 2. The van der Waals surface area contributed by atoms with Gasteiger partial charge in [0.25, 0.3) is 0 Å². The van der Waals surface area contributed by atoms with E-state index in [-0.39, 0.29) is 29.6 Å². The zero-order chi connectivity index (χ0) is 20.9. The third-order valence-electron chi connectivity index (χ3n) is 4.59. The summed E-state index contributed by atoms with van der Waals surface area (Å²) in [7, 11) is 0. The average Bonchev–Trinajstić information content (AvgIpc) is 2.77. The Balaban J connectivity index is 2.01. The lowest BCUT2D eigenvalue weighted by molar-refractivity contribution is -0.125. The first kappa shape index (κ1) is 23.5. The Kier molecular flexibility index (Phi) is 10.9. The van der Waals surface area contributed by atoms with Crippen molar-refractivity contribution in [2.24, 2.45) is 5.92 Å². The van der Waals surface area contributed by atoms with Gasteiger partial charge in [-0.2, -0.15) is 11.8 Å². The van der Waals surface area contributed by atoms with E-state index in [9.17, 15) is 14.7 Å². The van der Waals surface area contributed by atoms with Crippen molar-refractivity contribution in [2.75, 3.05) is 24.4 Å². The molecule has 2 atom stereocenters. The first-order valence-electron chi connectivity index (χ1n) is 9.80. The summed E-state index contributed by atoms with van der Waals surface area (Å²) in [6.07, 6.45) is 4.29. The topological polar surface area (TPSA) is 66.4 Å². The van der Waals surface area contributed by atoms with Gasteiger partial charge in [0, 0.05) is 11.3 Å². The molecule has 0 heterocycles. The molecule has 0 aromatic heterocycles. The number of benzene rings is 2. The second-order valence-electron chi connectivity index (χ2n) is 6.87. The van der Waals surface area contributed by atoms with Gasteiger partial charge in [0.05, 0.1) is 18.6 Å². The number of nitrogens with one attached hydrogen (secondary N) is 1. The van der Waals surface area contributed by atoms with Crippen molar-refractivity contribution in [3.05, 3.63) is 71.8 Å². The Morgan fingerprint density at radius 2 is 1.69 bits per heavy atom. The molecule has 2 aromatic rings. The van der Waals surface area contributed by atoms with Gasteiger partial charge < -0.3 is 10.4 Å². The number of amides is 1. The number of carbonyl (C=O) groups is 2. The molecule has 29 heavy (non-hydrogen) atoms. The third kappa shape index (κ3) is 8.64. The number of hydrogen-bond acceptors (Lipinski definition) is 5. The Bertz CT molecular complexity index is 740. The Morgan fingerprint density at radius 3 is 2.31 bits per heavy atom. The minimum absolute atomic E-state index is 0.0323. The molecule has 0 aliphatic carbocycles. The molecule has 0 spiro atoms. The molecule has 0 saturated heterocycles. The van der Waals surface area contributed by atoms with Crippen molar-refractivity contribution in [1.82, 2.24) is 5.32 Å². The Labute approximate surface area is 181 Å². The SMILES string of the molecule is CSCCC[C@@H](CO)NC(=O)[C@H](CSC(=O)c1ccccc1)Cc1ccccc1. The summed E-state index contributed by atoms with van der Waals surface area (Å²) in [6, 6.07) is 18.7. The van der Waals surface area contributed by atoms with Crippen LogP contribution in [0.4, 0.5) is 0 Å². The second-order valence-corrected chi connectivity index (χ2v) is 8.85. The maximum Gasteiger partial charge on any atom is 0.224 e. The van der Waals surface area contributed by atoms with Gasteiger partial charge in [0.15, 0.2) is 0 Å². The molecule has 0 radical (unpaired) electrons. The number of aliphatic hydroxyl groups is 1. The van der Waals surface area contributed by atoms with Crippen LogP contribution in [0, 0.1) is 5.92 Å². The van der Waals surface area contributed by atoms with Gasteiger partial charge in [0.2, 0.25) is 11.0 Å². The highest BCUT2D eigenvalue weighted by Gasteiger charge is 2.23. The lowest BCUT2D eigenvalue weighted by Gasteiger charge is -2.21. The Hall–Kier alpha value is -1.76. The molecular formula is C23H29NO3S2. The van der Waals surface area contributed by atoms with E-state index >= 15 is 0 Å². The lowest BCUT2D eigenvalue weighted by atomic mass is 9.99. The van der Waals surface area contributed by atoms with Crippen LogP contribution in [0.15, 0.2) is 60.7 Å². The number of rotatable bonds is 12. The molecule has 2 N–H and O–H groups in total. The molecule has 2 rings (SSSR count). The van der Waals surface area contributed by atoms with E-state index in [1.54, 1.807) is 23.9 Å². The quantitative estimate of drug-likeness (QED) is 0.497. The van der Waals surface area contributed by atoms with E-state index in [2.05, 4.69) is 5.32 Å². The summed E-state index contributed by atoms with van der Waals surface area (Å²) in [5.74, 6) is 0.952. The first-order valence-corrected chi connectivity index (χ1v) is 12.2. The fourth-order valence-electron chi connectivity index (χ4n) is 2.96. The molecule has 6 heteroatoms. The minimum Gasteiger partial charge on any atom is -0.394 e. The van der Waals surface area contributed by atoms with Crippen LogP contribution < -0.4 is 5.32 Å². The smallest absolute Gasteiger partial charge is 0.224 e. The molecule has 2 aromatic carbocycles. The van der Waals surface area contributed by atoms with Crippen LogP contribution in [-0.4, -0.2) is 46.5 Å². The molecule has 156 valence electrons. The van der Waals surface area contributed by atoms with E-state index in [1.807, 2.05) is 54.8 Å². The molecule has 0 bridgehead atoms. The van der Waals surface area contributed by atoms with Crippen molar-refractivity contribution in [3.63, 3.8) is 0 Å². The van der Waals surface area contributed by atoms with Crippen molar-refractivity contribution in [1.29, 1.82) is 0 Å². The van der Waals surface area contributed by atoms with E-state index in [4.69, 9.17) is 0 Å². The van der Waals surface area contributed by atoms with E-state index < -0.39 is 0 Å². The average molecular weight is 432 g/mol. The highest BCUT2D eigenvalue weighted by atomic mass is 32.2. The van der Waals surface area contributed by atoms with Gasteiger partial charge in [-0.25, -0.2) is 0 Å². The Morgan fingerprint density at radius 1 is 1.03 bits per heavy atom. The molecule has 0 saturated carbocycles. The highest BCUT2D eigenvalue weighted by molar-refractivity contribution is 8.14. The standard InChI is InChI=1S/C23H29NO3S2/c1-28-14-8-13-21(16-25)24-22(26)20(15-18-9-4-2-5-10-18)17-29-23(27)19-11-6-3-7-12-19/h2-7,9-12,20-21,25H,8,13-17H2,1H3,(H,24,26)/t20-,21-/m0/s1. The van der Waals surface area contributed by atoms with Crippen LogP contribution in [0.5, 0.6) is 0 Å². The van der Waals surface area contributed by atoms with Crippen molar-refractivity contribution in [2.45, 2.75) is 25.3 Å². The van der Waals surface area contributed by atoms with Crippen LogP contribution in [0.2, 0.25) is 0 Å². The van der Waals surface area contributed by atoms with Gasteiger partial charge in [-0.3, -0.25) is 9.59 Å². The summed E-state index contributed by atoms with van der Waals surface area (Å²) in [4.78, 5) is 25.4. The van der Waals surface area contributed by atoms with E-state index in [0.29, 0.717) is 17.7 Å². The second kappa shape index (κ2) is 13.5. The fraction of sp³-hybridized carbons (Fsp3) is 0.391. The maximum atomic E-state index is 12.9. The van der Waals surface area contributed by atoms with E-state index in [0.717, 1.165) is 24.2 Å². The van der Waals surface area contributed by atoms with Gasteiger partial charge in [-0.15, -0.1) is 0 Å². The van der Waals surface area contributed by atoms with Gasteiger partial charge in [-0.1, -0.05) is 72.4 Å². The van der Waals surface area contributed by atoms with Gasteiger partial charge in [-0.05, 0) is 36.8 Å². The predicted octanol–water partition coefficient (Wildman–Crippen LogP) is 4.04. The van der Waals surface area contributed by atoms with Crippen molar-refractivity contribution >= 4 is 34.5 Å². The molecule has 0 aliphatic rings. The number of aliphatic hydroxyl groups excluding tert-OH is 1. The van der Waals surface area contributed by atoms with Crippen LogP contribution in [0.25, 0.3) is 0 Å². The van der Waals surface area contributed by atoms with Crippen molar-refractivity contribution < 1.29 is 14.7 Å². The molecule has 4 nitrogen and oxygen atoms in total. The number of thioether (sulfide) groups is 2. The molecule has 0 unspecified atom stereocenters. The molecule has 0 aliphatic heterocycles. The molecule has 0 fully saturated rings. The fourth-order valence-corrected chi connectivity index (χ4v) is 4.34. The van der Waals surface area contributed by atoms with Gasteiger partial charge >= 0.3 is 0 Å². The highest BCUT2D eigenvalue weighted by Crippen LogP contribution is 2.20. The first-order chi connectivity index (χ1) is 14.1. The predicted molar refractivity (Wildman–Crippen MR) is 123 cm³/mol. The van der Waals surface area contributed by atoms with Crippen LogP contribution in [0.1, 0.15) is 28.8 Å². The molecular weight excluding hydrogens is 402 g/mol. The summed E-state index contributed by atoms with van der Waals surface area (Å²) in [5, 5.41) is 12.6. The van der Waals surface area contributed by atoms with Crippen LogP contribution >= 0.6 is 23.5 Å². The summed E-state index contributed by atoms with van der Waals surface area (Å²) < 4.78 is 0. The number of carbonyl (C=O) groups excluding carboxylic acids is 2. The maximum absolute atomic E-state index is 12.9. The lowest BCUT2D eigenvalue weighted by Crippen LogP contribution is -2.42. The minimum atomic E-state index is -0.343. The monoisotopic (exact) mass is 431 g/mol. The van der Waals surface area contributed by atoms with Gasteiger partial charge in [0.1, 0.15) is 0 Å². The summed E-state index contributed by atoms with van der Waals surface area (Å²) in [5.41, 5.74) is 1.70. The summed E-state index contributed by atoms with van der Waals surface area (Å²) in [6.45, 7) is -0.0751. The van der Waals surface area contributed by atoms with Crippen LogP contribution in [-0.2, 0) is 11.2 Å². The van der Waals surface area contributed by atoms with E-state index in [1.165, 1.54) is 11.8 Å². The third-order valence-corrected chi connectivity index (χ3v) is 6.35. The largest absolute Gasteiger partial charge is 0.394 e.